The number of aromatic nitrogens is 2. The third-order valence-corrected chi connectivity index (χ3v) is 4.68. The monoisotopic (exact) mass is 274 g/mol. The maximum Gasteiger partial charge on any atom is 0.134 e. The summed E-state index contributed by atoms with van der Waals surface area (Å²) >= 11 is 0. The minimum Gasteiger partial charge on any atom is -0.356 e. The van der Waals surface area contributed by atoms with E-state index in [0.29, 0.717) is 0 Å². The van der Waals surface area contributed by atoms with Gasteiger partial charge in [0.25, 0.3) is 0 Å². The molecule has 0 saturated carbocycles. The predicted molar refractivity (Wildman–Crippen MR) is 83.3 cm³/mol. The molecule has 0 atom stereocenters. The third-order valence-electron chi connectivity index (χ3n) is 4.68. The van der Waals surface area contributed by atoms with E-state index in [1.165, 1.54) is 38.5 Å². The molecule has 0 aromatic carbocycles. The van der Waals surface area contributed by atoms with Gasteiger partial charge in [0.05, 0.1) is 0 Å². The van der Waals surface area contributed by atoms with Crippen LogP contribution >= 0.6 is 0 Å². The van der Waals surface area contributed by atoms with Crippen molar-refractivity contribution in [1.29, 1.82) is 0 Å². The topological polar surface area (TPSA) is 32.3 Å². The van der Waals surface area contributed by atoms with Gasteiger partial charge in [-0.1, -0.05) is 19.8 Å². The maximum absolute atomic E-state index is 4.50. The second kappa shape index (κ2) is 6.42. The van der Waals surface area contributed by atoms with Crippen LogP contribution in [0.25, 0.3) is 0 Å². The van der Waals surface area contributed by atoms with Crippen LogP contribution < -0.4 is 9.80 Å². The molecule has 0 N–H and O–H groups in total. The molecule has 110 valence electrons. The van der Waals surface area contributed by atoms with Crippen LogP contribution in [0.2, 0.25) is 0 Å². The Morgan fingerprint density at radius 2 is 1.40 bits per heavy atom. The van der Waals surface area contributed by atoms with Gasteiger partial charge >= 0.3 is 0 Å². The van der Waals surface area contributed by atoms with Crippen molar-refractivity contribution < 1.29 is 0 Å². The minimum absolute atomic E-state index is 0.859. The summed E-state index contributed by atoms with van der Waals surface area (Å²) in [4.78, 5) is 13.9. The standard InChI is InChI=1S/C16H26N4/c1-14-6-10-20(11-7-14)16-12-15(17-13-18-16)19-8-4-2-3-5-9-19/h12-14H,2-11H2,1H3. The van der Waals surface area contributed by atoms with Crippen LogP contribution in [0.15, 0.2) is 12.4 Å². The fourth-order valence-corrected chi connectivity index (χ4v) is 3.22. The third kappa shape index (κ3) is 3.22. The van der Waals surface area contributed by atoms with Crippen LogP contribution in [0.4, 0.5) is 11.6 Å². The highest BCUT2D eigenvalue weighted by Crippen LogP contribution is 2.24. The Morgan fingerprint density at radius 3 is 2.00 bits per heavy atom. The second-order valence-corrected chi connectivity index (χ2v) is 6.31. The molecular weight excluding hydrogens is 248 g/mol. The smallest absolute Gasteiger partial charge is 0.134 e. The normalized spacial score (nSPS) is 21.9. The molecule has 3 rings (SSSR count). The van der Waals surface area contributed by atoms with E-state index in [9.17, 15) is 0 Å². The summed E-state index contributed by atoms with van der Waals surface area (Å²) in [7, 11) is 0. The van der Waals surface area contributed by atoms with Crippen molar-refractivity contribution in [1.82, 2.24) is 9.97 Å². The van der Waals surface area contributed by atoms with Gasteiger partial charge in [-0.3, -0.25) is 0 Å². The highest BCUT2D eigenvalue weighted by atomic mass is 15.2. The summed E-state index contributed by atoms with van der Waals surface area (Å²) in [6.07, 6.45) is 9.61. The van der Waals surface area contributed by atoms with Crippen molar-refractivity contribution in [3.05, 3.63) is 12.4 Å². The lowest BCUT2D eigenvalue weighted by Crippen LogP contribution is -2.34. The van der Waals surface area contributed by atoms with Crippen LogP contribution in [-0.2, 0) is 0 Å². The fraction of sp³-hybridized carbons (Fsp3) is 0.750. The van der Waals surface area contributed by atoms with Gasteiger partial charge in [0.15, 0.2) is 0 Å². The number of nitrogens with zero attached hydrogens (tertiary/aromatic N) is 4. The van der Waals surface area contributed by atoms with E-state index in [1.54, 1.807) is 6.33 Å². The lowest BCUT2D eigenvalue weighted by atomic mass is 9.99. The maximum atomic E-state index is 4.50. The first-order chi connectivity index (χ1) is 9.83. The Hall–Kier alpha value is -1.32. The Balaban J connectivity index is 1.71. The lowest BCUT2D eigenvalue weighted by Gasteiger charge is -2.31. The first-order valence-corrected chi connectivity index (χ1v) is 8.15. The summed E-state index contributed by atoms with van der Waals surface area (Å²) < 4.78 is 0. The highest BCUT2D eigenvalue weighted by Gasteiger charge is 2.18. The first kappa shape index (κ1) is 13.7. The van der Waals surface area contributed by atoms with Crippen molar-refractivity contribution in [2.75, 3.05) is 36.0 Å². The molecule has 2 fully saturated rings. The van der Waals surface area contributed by atoms with Crippen molar-refractivity contribution in [2.45, 2.75) is 45.4 Å². The van der Waals surface area contributed by atoms with Gasteiger partial charge in [-0.2, -0.15) is 0 Å². The zero-order valence-corrected chi connectivity index (χ0v) is 12.6. The van der Waals surface area contributed by atoms with E-state index in [0.717, 1.165) is 43.7 Å². The van der Waals surface area contributed by atoms with E-state index in [-0.39, 0.29) is 0 Å². The Morgan fingerprint density at radius 1 is 0.850 bits per heavy atom. The number of piperidine rings is 1. The molecule has 0 spiro atoms. The van der Waals surface area contributed by atoms with Crippen molar-refractivity contribution in [3.63, 3.8) is 0 Å². The van der Waals surface area contributed by atoms with Gasteiger partial charge in [0, 0.05) is 32.2 Å². The molecule has 1 aromatic heterocycles. The van der Waals surface area contributed by atoms with Gasteiger partial charge in [-0.15, -0.1) is 0 Å². The fourth-order valence-electron chi connectivity index (χ4n) is 3.22. The Kier molecular flexibility index (Phi) is 4.38. The van der Waals surface area contributed by atoms with E-state index in [2.05, 4.69) is 32.8 Å². The number of hydrogen-bond acceptors (Lipinski definition) is 4. The zero-order valence-electron chi connectivity index (χ0n) is 12.6. The van der Waals surface area contributed by atoms with Crippen LogP contribution in [0.1, 0.15) is 45.4 Å². The number of rotatable bonds is 2. The molecule has 2 saturated heterocycles. The van der Waals surface area contributed by atoms with Crippen LogP contribution in [0.3, 0.4) is 0 Å². The van der Waals surface area contributed by atoms with E-state index in [4.69, 9.17) is 0 Å². The number of anilines is 2. The van der Waals surface area contributed by atoms with E-state index < -0.39 is 0 Å². The quantitative estimate of drug-likeness (QED) is 0.829. The molecule has 3 heterocycles. The summed E-state index contributed by atoms with van der Waals surface area (Å²) in [5, 5.41) is 0. The van der Waals surface area contributed by atoms with Crippen LogP contribution in [0, 0.1) is 5.92 Å². The van der Waals surface area contributed by atoms with Gasteiger partial charge < -0.3 is 9.80 Å². The van der Waals surface area contributed by atoms with Crippen LogP contribution in [-0.4, -0.2) is 36.1 Å². The van der Waals surface area contributed by atoms with Crippen molar-refractivity contribution >= 4 is 11.6 Å². The second-order valence-electron chi connectivity index (χ2n) is 6.31. The molecular formula is C16H26N4. The summed E-state index contributed by atoms with van der Waals surface area (Å²) in [6, 6.07) is 2.20. The van der Waals surface area contributed by atoms with Crippen LogP contribution in [0.5, 0.6) is 0 Å². The van der Waals surface area contributed by atoms with Gasteiger partial charge in [-0.25, -0.2) is 9.97 Å². The average Bonchev–Trinajstić information content (AvgIpc) is 2.77. The Bertz CT molecular complexity index is 418. The molecule has 2 aliphatic rings. The Labute approximate surface area is 122 Å². The first-order valence-electron chi connectivity index (χ1n) is 8.15. The molecule has 0 amide bonds. The summed E-state index contributed by atoms with van der Waals surface area (Å²) in [5.41, 5.74) is 0. The van der Waals surface area contributed by atoms with E-state index in [1.807, 2.05) is 0 Å². The van der Waals surface area contributed by atoms with Crippen molar-refractivity contribution in [2.24, 2.45) is 5.92 Å². The minimum atomic E-state index is 0.859. The molecule has 0 aliphatic carbocycles. The number of hydrogen-bond donors (Lipinski definition) is 0. The average molecular weight is 274 g/mol. The lowest BCUT2D eigenvalue weighted by molar-refractivity contribution is 0.436. The molecule has 0 unspecified atom stereocenters. The van der Waals surface area contributed by atoms with Crippen molar-refractivity contribution in [3.8, 4) is 0 Å². The van der Waals surface area contributed by atoms with Gasteiger partial charge in [-0.05, 0) is 31.6 Å². The molecule has 4 nitrogen and oxygen atoms in total. The molecule has 0 bridgehead atoms. The molecule has 4 heteroatoms. The highest BCUT2D eigenvalue weighted by molar-refractivity contribution is 5.50. The predicted octanol–water partition coefficient (Wildman–Crippen LogP) is 3.09. The summed E-state index contributed by atoms with van der Waals surface area (Å²) in [6.45, 7) is 6.91. The van der Waals surface area contributed by atoms with Gasteiger partial charge in [0.2, 0.25) is 0 Å². The van der Waals surface area contributed by atoms with Gasteiger partial charge in [0.1, 0.15) is 18.0 Å². The largest absolute Gasteiger partial charge is 0.356 e. The molecule has 0 radical (unpaired) electrons. The molecule has 1 aromatic rings. The molecule has 20 heavy (non-hydrogen) atoms. The van der Waals surface area contributed by atoms with E-state index >= 15 is 0 Å². The summed E-state index contributed by atoms with van der Waals surface area (Å²) in [5.74, 6) is 3.10. The zero-order chi connectivity index (χ0) is 13.8. The molecule has 2 aliphatic heterocycles. The SMILES string of the molecule is CC1CCN(c2cc(N3CCCCCC3)ncn2)CC1.